The quantitative estimate of drug-likeness (QED) is 0.0485. The van der Waals surface area contributed by atoms with Crippen LogP contribution in [0.4, 0.5) is 0 Å². The molecule has 4 atom stereocenters. The van der Waals surface area contributed by atoms with Crippen LogP contribution < -0.4 is 0 Å². The largest absolute Gasteiger partial charge is 0.507 e. The summed E-state index contributed by atoms with van der Waals surface area (Å²) in [6.45, 7) is 55.3. The van der Waals surface area contributed by atoms with Crippen molar-refractivity contribution in [2.24, 2.45) is 5.41 Å². The van der Waals surface area contributed by atoms with Gasteiger partial charge in [0.1, 0.15) is 52.8 Å². The fourth-order valence-corrected chi connectivity index (χ4v) is 12.3. The van der Waals surface area contributed by atoms with E-state index < -0.39 is 97.0 Å². The summed E-state index contributed by atoms with van der Waals surface area (Å²) in [7, 11) is 0. The number of phenols is 4. The molecular formula is C77H116O12. The molecule has 0 saturated carbocycles. The van der Waals surface area contributed by atoms with Crippen molar-refractivity contribution in [3.05, 3.63) is 115 Å². The van der Waals surface area contributed by atoms with Gasteiger partial charge in [-0.1, -0.05) is 215 Å². The van der Waals surface area contributed by atoms with E-state index in [1.807, 2.05) is 215 Å². The van der Waals surface area contributed by atoms with E-state index in [4.69, 9.17) is 18.9 Å². The monoisotopic (exact) mass is 1230 g/mol. The number of rotatable bonds is 20. The lowest BCUT2D eigenvalue weighted by Crippen LogP contribution is -2.61. The summed E-state index contributed by atoms with van der Waals surface area (Å²) in [5, 5.41) is 46.1. The molecule has 0 heterocycles. The fraction of sp³-hybridized carbons (Fsp3) is 0.636. The number of carbonyl (C=O) groups is 4. The molecule has 4 N–H and O–H groups in total. The molecule has 0 aliphatic carbocycles. The molecule has 12 heteroatoms. The lowest BCUT2D eigenvalue weighted by molar-refractivity contribution is -0.222. The van der Waals surface area contributed by atoms with Crippen LogP contribution in [0.15, 0.2) is 48.5 Å². The molecular weight excluding hydrogens is 1120 g/mol. The number of ether oxygens (including phenoxy) is 4. The van der Waals surface area contributed by atoms with Gasteiger partial charge in [0.2, 0.25) is 0 Å². The van der Waals surface area contributed by atoms with Gasteiger partial charge in [-0.2, -0.15) is 0 Å². The third-order valence-corrected chi connectivity index (χ3v) is 17.7. The highest BCUT2D eigenvalue weighted by atomic mass is 16.6. The van der Waals surface area contributed by atoms with E-state index in [1.165, 1.54) is 0 Å². The van der Waals surface area contributed by atoms with Gasteiger partial charge in [-0.3, -0.25) is 19.2 Å². The Morgan fingerprint density at radius 3 is 0.517 bits per heavy atom. The van der Waals surface area contributed by atoms with Crippen molar-refractivity contribution < 1.29 is 58.6 Å². The van der Waals surface area contributed by atoms with Gasteiger partial charge in [-0.05, 0) is 163 Å². The molecule has 4 rings (SSSR count). The Bertz CT molecular complexity index is 2600. The fourth-order valence-electron chi connectivity index (χ4n) is 12.3. The molecule has 4 aromatic rings. The number of phenolic OH excluding ortho intramolecular Hbond substituents is 4. The average Bonchev–Trinajstić information content (AvgIpc) is 1.03. The Hall–Kier alpha value is -6.04. The van der Waals surface area contributed by atoms with Crippen LogP contribution in [0.1, 0.15) is 286 Å². The minimum atomic E-state index is -1.75. The summed E-state index contributed by atoms with van der Waals surface area (Å²) in [6.07, 6.45) is -4.27. The highest BCUT2D eigenvalue weighted by Gasteiger charge is 2.57. The van der Waals surface area contributed by atoms with Gasteiger partial charge in [0.05, 0.1) is 0 Å². The number of benzene rings is 4. The van der Waals surface area contributed by atoms with Crippen LogP contribution >= 0.6 is 0 Å². The molecule has 12 nitrogen and oxygen atoms in total. The van der Waals surface area contributed by atoms with Crippen molar-refractivity contribution in [2.45, 2.75) is 313 Å². The normalized spacial score (nSPS) is 15.1. The van der Waals surface area contributed by atoms with Crippen molar-refractivity contribution >= 4 is 23.9 Å². The number of hydrogen-bond donors (Lipinski definition) is 4. The van der Waals surface area contributed by atoms with E-state index in [1.54, 1.807) is 27.7 Å². The summed E-state index contributed by atoms with van der Waals surface area (Å²) in [4.78, 5) is 58.5. The molecule has 0 fully saturated rings. The maximum absolute atomic E-state index is 14.6. The molecule has 0 spiro atoms. The number of carbonyl (C=O) groups excluding carboxylic acids is 4. The molecule has 0 aliphatic heterocycles. The minimum absolute atomic E-state index is 0.0892. The van der Waals surface area contributed by atoms with Gasteiger partial charge in [0, 0.05) is 25.7 Å². The highest BCUT2D eigenvalue weighted by molar-refractivity contribution is 5.73. The first-order chi connectivity index (χ1) is 40.1. The molecule has 496 valence electrons. The zero-order valence-electron chi connectivity index (χ0n) is 60.1. The van der Waals surface area contributed by atoms with Crippen molar-refractivity contribution in [3.8, 4) is 23.0 Å². The summed E-state index contributed by atoms with van der Waals surface area (Å²) < 4.78 is 26.1. The van der Waals surface area contributed by atoms with Crippen molar-refractivity contribution in [2.75, 3.05) is 0 Å². The standard InChI is InChI=1S/C77H116O12/c1-45(86-61(78)33-29-49-37-53(69(5,6)7)65(82)54(38-49)70(8,9)10)77(46(2)87-62(79)34-30-50-39-55(71(11,12)13)66(83)56(40-50)72(14,15)16,47(3)88-63(80)35-31-51-41-57(73(17,18)19)67(84)58(42-51)74(20,21)22)48(4)89-64(81)36-32-52-43-59(75(23,24)25)68(85)60(44-52)76(26,27)28/h37-48,82-85H,29-36H2,1-28H3. The second-order valence-electron chi connectivity index (χ2n) is 33.7. The molecule has 0 radical (unpaired) electrons. The Morgan fingerprint density at radius 2 is 0.404 bits per heavy atom. The van der Waals surface area contributed by atoms with Gasteiger partial charge < -0.3 is 39.4 Å². The van der Waals surface area contributed by atoms with Crippen LogP contribution in [-0.2, 0) is 107 Å². The Morgan fingerprint density at radius 1 is 0.281 bits per heavy atom. The minimum Gasteiger partial charge on any atom is -0.507 e. The lowest BCUT2D eigenvalue weighted by atomic mass is 9.69. The van der Waals surface area contributed by atoms with Gasteiger partial charge in [-0.15, -0.1) is 0 Å². The van der Waals surface area contributed by atoms with Crippen LogP contribution in [0.2, 0.25) is 0 Å². The first-order valence-corrected chi connectivity index (χ1v) is 32.4. The predicted molar refractivity (Wildman–Crippen MR) is 360 cm³/mol. The van der Waals surface area contributed by atoms with Gasteiger partial charge >= 0.3 is 23.9 Å². The number of esters is 4. The van der Waals surface area contributed by atoms with Crippen molar-refractivity contribution in [1.82, 2.24) is 0 Å². The Kier molecular flexibility index (Phi) is 23.2. The van der Waals surface area contributed by atoms with Crippen LogP contribution in [0, 0.1) is 5.41 Å². The molecule has 89 heavy (non-hydrogen) atoms. The van der Waals surface area contributed by atoms with E-state index in [-0.39, 0.29) is 74.4 Å². The molecule has 0 aliphatic rings. The van der Waals surface area contributed by atoms with Gasteiger partial charge in [0.15, 0.2) is 0 Å². The topological polar surface area (TPSA) is 186 Å². The average molecular weight is 1230 g/mol. The first kappa shape index (κ1) is 75.4. The predicted octanol–water partition coefficient (Wildman–Crippen LogP) is 17.4. The number of aryl methyl sites for hydroxylation is 4. The number of hydrogen-bond acceptors (Lipinski definition) is 12. The van der Waals surface area contributed by atoms with Crippen LogP contribution in [0.5, 0.6) is 23.0 Å². The third kappa shape index (κ3) is 19.0. The van der Waals surface area contributed by atoms with E-state index in [9.17, 15) is 39.6 Å². The van der Waals surface area contributed by atoms with Gasteiger partial charge in [-0.25, -0.2) is 0 Å². The van der Waals surface area contributed by atoms with E-state index >= 15 is 0 Å². The van der Waals surface area contributed by atoms with Crippen LogP contribution in [0.3, 0.4) is 0 Å². The molecule has 0 amide bonds. The molecule has 4 aromatic carbocycles. The van der Waals surface area contributed by atoms with E-state index in [0.29, 0.717) is 0 Å². The van der Waals surface area contributed by atoms with Crippen molar-refractivity contribution in [3.63, 3.8) is 0 Å². The maximum atomic E-state index is 14.6. The summed E-state index contributed by atoms with van der Waals surface area (Å²) in [5.74, 6) is -1.55. The summed E-state index contributed by atoms with van der Waals surface area (Å²) in [6, 6.07) is 15.4. The first-order valence-electron chi connectivity index (χ1n) is 32.4. The highest BCUT2D eigenvalue weighted by Crippen LogP contribution is 2.47. The Labute approximate surface area is 536 Å². The zero-order chi connectivity index (χ0) is 68.5. The van der Waals surface area contributed by atoms with Crippen LogP contribution in [-0.4, -0.2) is 68.7 Å². The SMILES string of the molecule is CC(OC(=O)CCc1cc(C(C)(C)C)c(O)c(C(C)(C)C)c1)C(C(C)OC(=O)CCc1cc(C(C)(C)C)c(O)c(C(C)(C)C)c1)(C(C)OC(=O)CCc1cc(C(C)(C)C)c(O)c(C(C)(C)C)c1)C(C)OC(=O)CCc1cc(C(C)(C)C)c(O)c(C(C)(C)C)c1. The van der Waals surface area contributed by atoms with Crippen LogP contribution in [0.25, 0.3) is 0 Å². The third-order valence-electron chi connectivity index (χ3n) is 17.7. The second-order valence-corrected chi connectivity index (χ2v) is 33.7. The van der Waals surface area contributed by atoms with E-state index in [2.05, 4.69) is 0 Å². The number of aromatic hydroxyl groups is 4. The summed E-state index contributed by atoms with van der Waals surface area (Å²) >= 11 is 0. The summed E-state index contributed by atoms with van der Waals surface area (Å²) in [5.41, 5.74) is 4.25. The smallest absolute Gasteiger partial charge is 0.306 e. The van der Waals surface area contributed by atoms with E-state index in [0.717, 1.165) is 66.8 Å². The van der Waals surface area contributed by atoms with Gasteiger partial charge in [0.25, 0.3) is 0 Å². The molecule has 0 bridgehead atoms. The molecule has 0 aromatic heterocycles. The molecule has 4 unspecified atom stereocenters. The second kappa shape index (κ2) is 27.4. The van der Waals surface area contributed by atoms with Crippen molar-refractivity contribution in [1.29, 1.82) is 0 Å². The maximum Gasteiger partial charge on any atom is 0.306 e. The molecule has 0 saturated heterocycles. The zero-order valence-corrected chi connectivity index (χ0v) is 60.1. The Balaban J connectivity index is 1.90. The lowest BCUT2D eigenvalue weighted by Gasteiger charge is -2.48.